The molecule has 3 rings (SSSR count). The average Bonchev–Trinajstić information content (AvgIpc) is 3.34. The second kappa shape index (κ2) is 7.84. The third-order valence-electron chi connectivity index (χ3n) is 3.48. The van der Waals surface area contributed by atoms with Crippen molar-refractivity contribution in [2.24, 2.45) is 0 Å². The molecule has 0 aromatic heterocycles. The molecule has 2 aromatic rings. The van der Waals surface area contributed by atoms with E-state index in [-0.39, 0.29) is 29.6 Å². The van der Waals surface area contributed by atoms with E-state index in [4.69, 9.17) is 14.2 Å². The van der Waals surface area contributed by atoms with Gasteiger partial charge in [-0.15, -0.1) is 0 Å². The molecular weight excluding hydrogens is 307 g/mol. The van der Waals surface area contributed by atoms with Gasteiger partial charge in [0.15, 0.2) is 11.5 Å². The fraction of sp³-hybridized carbons (Fsp3) is 0.235. The molecule has 6 heteroatoms. The van der Waals surface area contributed by atoms with E-state index in [2.05, 4.69) is 0 Å². The molecule has 1 fully saturated rings. The zero-order valence-electron chi connectivity index (χ0n) is 13.0. The smallest absolute Gasteiger partial charge is 0.547 e. The number of benzene rings is 2. The van der Waals surface area contributed by atoms with E-state index in [0.29, 0.717) is 18.1 Å². The van der Waals surface area contributed by atoms with E-state index >= 15 is 0 Å². The molecule has 1 heterocycles. The number of epoxide rings is 1. The van der Waals surface area contributed by atoms with Crippen LogP contribution in [0.3, 0.4) is 0 Å². The molecule has 0 bridgehead atoms. The minimum absolute atomic E-state index is 0. The summed E-state index contributed by atoms with van der Waals surface area (Å²) in [6.45, 7) is 0.399. The van der Waals surface area contributed by atoms with Gasteiger partial charge >= 0.3 is 29.6 Å². The van der Waals surface area contributed by atoms with Gasteiger partial charge < -0.3 is 24.1 Å². The Morgan fingerprint density at radius 1 is 1.17 bits per heavy atom. The van der Waals surface area contributed by atoms with Gasteiger partial charge in [0, 0.05) is 0 Å². The van der Waals surface area contributed by atoms with Crippen molar-refractivity contribution in [1.82, 2.24) is 0 Å². The minimum atomic E-state index is -1.20. The van der Waals surface area contributed by atoms with Crippen LogP contribution in [-0.2, 0) is 16.1 Å². The van der Waals surface area contributed by atoms with Gasteiger partial charge in [-0.2, -0.15) is 0 Å². The first-order valence-corrected chi connectivity index (χ1v) is 6.90. The van der Waals surface area contributed by atoms with Crippen molar-refractivity contribution in [2.75, 3.05) is 7.11 Å². The Morgan fingerprint density at radius 2 is 1.91 bits per heavy atom. The minimum Gasteiger partial charge on any atom is -0.547 e. The number of carboxylic acid groups (broad SMARTS) is 1. The normalized spacial score (nSPS) is 18.7. The summed E-state index contributed by atoms with van der Waals surface area (Å²) in [5.41, 5.74) is 1.77. The largest absolute Gasteiger partial charge is 1.00 e. The zero-order valence-corrected chi connectivity index (χ0v) is 15.0. The Bertz CT molecular complexity index is 674. The van der Waals surface area contributed by atoms with Gasteiger partial charge in [0.25, 0.3) is 0 Å². The van der Waals surface area contributed by atoms with Crippen LogP contribution >= 0.6 is 0 Å². The maximum atomic E-state index is 10.8. The second-order valence-corrected chi connectivity index (χ2v) is 4.98. The van der Waals surface area contributed by atoms with Crippen molar-refractivity contribution in [3.63, 3.8) is 0 Å². The molecule has 0 aliphatic carbocycles. The molecule has 0 spiro atoms. The van der Waals surface area contributed by atoms with E-state index in [0.717, 1.165) is 11.1 Å². The summed E-state index contributed by atoms with van der Waals surface area (Å²) in [5, 5.41) is 10.8. The summed E-state index contributed by atoms with van der Waals surface area (Å²) in [7, 11) is 1.56. The van der Waals surface area contributed by atoms with Crippen LogP contribution in [0.2, 0.25) is 0 Å². The summed E-state index contributed by atoms with van der Waals surface area (Å²) in [4.78, 5) is 10.8. The number of carboxylic acids is 1. The van der Waals surface area contributed by atoms with E-state index in [1.54, 1.807) is 25.3 Å². The standard InChI is InChI=1S/C17H16O5.Na/c1-20-13-8-7-12(15-16(22-15)17(18)19)9-14(13)21-10-11-5-3-2-4-6-11;/h2-9,15-16H,10H2,1H3,(H,18,19);/q;+1/p-1. The summed E-state index contributed by atoms with van der Waals surface area (Å²) >= 11 is 0. The quantitative estimate of drug-likeness (QED) is 0.477. The number of carbonyl (C=O) groups excluding carboxylic acids is 1. The molecule has 1 aliphatic heterocycles. The number of methoxy groups -OCH3 is 1. The van der Waals surface area contributed by atoms with E-state index in [1.165, 1.54) is 0 Å². The molecule has 0 N–H and O–H groups in total. The predicted octanol–water partition coefficient (Wildman–Crippen LogP) is -1.53. The Kier molecular flexibility index (Phi) is 6.07. The maximum Gasteiger partial charge on any atom is 1.00 e. The van der Waals surface area contributed by atoms with Gasteiger partial charge in [-0.05, 0) is 23.3 Å². The molecule has 1 aliphatic rings. The van der Waals surface area contributed by atoms with Gasteiger partial charge in [0.2, 0.25) is 0 Å². The van der Waals surface area contributed by atoms with Crippen LogP contribution in [0.4, 0.5) is 0 Å². The van der Waals surface area contributed by atoms with Crippen LogP contribution in [0.25, 0.3) is 0 Å². The second-order valence-electron chi connectivity index (χ2n) is 4.98. The van der Waals surface area contributed by atoms with E-state index < -0.39 is 18.2 Å². The first-order chi connectivity index (χ1) is 10.7. The molecular formula is C17H15NaO5. The van der Waals surface area contributed by atoms with Crippen LogP contribution in [0.15, 0.2) is 48.5 Å². The molecule has 1 saturated heterocycles. The third kappa shape index (κ3) is 4.26. The van der Waals surface area contributed by atoms with Crippen LogP contribution in [0.5, 0.6) is 11.5 Å². The monoisotopic (exact) mass is 322 g/mol. The fourth-order valence-electron chi connectivity index (χ4n) is 2.26. The van der Waals surface area contributed by atoms with Crippen LogP contribution in [-0.4, -0.2) is 19.2 Å². The molecule has 0 saturated carbocycles. The topological polar surface area (TPSA) is 71.1 Å². The summed E-state index contributed by atoms with van der Waals surface area (Å²) in [6, 6.07) is 15.0. The van der Waals surface area contributed by atoms with Crippen molar-refractivity contribution in [3.05, 3.63) is 59.7 Å². The van der Waals surface area contributed by atoms with Crippen molar-refractivity contribution in [2.45, 2.75) is 18.8 Å². The van der Waals surface area contributed by atoms with E-state index in [1.807, 2.05) is 30.3 Å². The Balaban J connectivity index is 0.00000192. The zero-order chi connectivity index (χ0) is 15.5. The number of ether oxygens (including phenoxy) is 3. The Labute approximate surface area is 156 Å². The molecule has 2 atom stereocenters. The molecule has 2 aromatic carbocycles. The molecule has 0 amide bonds. The third-order valence-corrected chi connectivity index (χ3v) is 3.48. The van der Waals surface area contributed by atoms with Crippen molar-refractivity contribution < 1.29 is 53.7 Å². The predicted molar refractivity (Wildman–Crippen MR) is 76.4 cm³/mol. The van der Waals surface area contributed by atoms with Crippen LogP contribution in [0.1, 0.15) is 17.2 Å². The first kappa shape index (κ1) is 17.8. The first-order valence-electron chi connectivity index (χ1n) is 6.90. The van der Waals surface area contributed by atoms with Crippen molar-refractivity contribution in [1.29, 1.82) is 0 Å². The maximum absolute atomic E-state index is 10.8. The summed E-state index contributed by atoms with van der Waals surface area (Å²) in [6.07, 6.45) is -1.36. The SMILES string of the molecule is COc1ccc(C2OC2C(=O)[O-])cc1OCc1ccccc1.[Na+]. The van der Waals surface area contributed by atoms with Gasteiger partial charge in [0.1, 0.15) is 18.8 Å². The van der Waals surface area contributed by atoms with E-state index in [9.17, 15) is 9.90 Å². The van der Waals surface area contributed by atoms with Crippen LogP contribution in [0, 0.1) is 0 Å². The van der Waals surface area contributed by atoms with Gasteiger partial charge in [-0.1, -0.05) is 36.4 Å². The van der Waals surface area contributed by atoms with Gasteiger partial charge in [-0.25, -0.2) is 0 Å². The van der Waals surface area contributed by atoms with Crippen LogP contribution < -0.4 is 44.1 Å². The van der Waals surface area contributed by atoms with Crippen molar-refractivity contribution >= 4 is 5.97 Å². The molecule has 114 valence electrons. The molecule has 23 heavy (non-hydrogen) atoms. The molecule has 2 unspecified atom stereocenters. The van der Waals surface area contributed by atoms with Gasteiger partial charge in [-0.3, -0.25) is 0 Å². The average molecular weight is 322 g/mol. The van der Waals surface area contributed by atoms with Gasteiger partial charge in [0.05, 0.1) is 13.1 Å². The number of aliphatic carboxylic acids is 1. The molecule has 5 nitrogen and oxygen atoms in total. The number of rotatable bonds is 6. The summed E-state index contributed by atoms with van der Waals surface area (Å²) in [5.74, 6) is -0.0608. The summed E-state index contributed by atoms with van der Waals surface area (Å²) < 4.78 is 16.2. The number of carbonyl (C=O) groups is 1. The Morgan fingerprint density at radius 3 is 2.52 bits per heavy atom. The number of hydrogen-bond acceptors (Lipinski definition) is 5. The van der Waals surface area contributed by atoms with Crippen molar-refractivity contribution in [3.8, 4) is 11.5 Å². The molecule has 0 radical (unpaired) electrons. The Hall–Kier alpha value is -1.53. The number of hydrogen-bond donors (Lipinski definition) is 0. The fourth-order valence-corrected chi connectivity index (χ4v) is 2.26.